The van der Waals surface area contributed by atoms with Crippen LogP contribution in [0.15, 0.2) is 24.3 Å². The monoisotopic (exact) mass is 295 g/mol. The molecule has 1 rings (SSSR count). The molecule has 0 heterocycles. The van der Waals surface area contributed by atoms with E-state index in [0.717, 1.165) is 0 Å². The molecule has 1 atom stereocenters. The number of methoxy groups -OCH3 is 2. The van der Waals surface area contributed by atoms with E-state index in [-0.39, 0.29) is 23.1 Å². The van der Waals surface area contributed by atoms with Crippen LogP contribution < -0.4 is 0 Å². The molecule has 1 amide bonds. The van der Waals surface area contributed by atoms with E-state index in [0.29, 0.717) is 19.8 Å². The van der Waals surface area contributed by atoms with Crippen LogP contribution in [0.3, 0.4) is 0 Å². The minimum absolute atomic E-state index is 0.00506. The molecule has 1 N–H and O–H groups in total. The summed E-state index contributed by atoms with van der Waals surface area (Å²) < 4.78 is 10.1. The maximum absolute atomic E-state index is 12.6. The molecule has 1 aromatic rings. The van der Waals surface area contributed by atoms with E-state index < -0.39 is 5.97 Å². The highest BCUT2D eigenvalue weighted by Crippen LogP contribution is 2.14. The van der Waals surface area contributed by atoms with Crippen molar-refractivity contribution < 1.29 is 24.2 Å². The summed E-state index contributed by atoms with van der Waals surface area (Å²) in [5.41, 5.74) is 0.165. The van der Waals surface area contributed by atoms with Gasteiger partial charge in [0.05, 0.1) is 30.4 Å². The molecule has 21 heavy (non-hydrogen) atoms. The Kier molecular flexibility index (Phi) is 6.84. The van der Waals surface area contributed by atoms with Gasteiger partial charge in [-0.3, -0.25) is 4.79 Å². The first-order chi connectivity index (χ1) is 10.0. The molecule has 116 valence electrons. The van der Waals surface area contributed by atoms with Crippen LogP contribution >= 0.6 is 0 Å². The van der Waals surface area contributed by atoms with Gasteiger partial charge in [-0.1, -0.05) is 12.1 Å². The Labute approximate surface area is 124 Å². The van der Waals surface area contributed by atoms with Gasteiger partial charge in [0.1, 0.15) is 0 Å². The third kappa shape index (κ3) is 4.54. The number of hydrogen-bond donors (Lipinski definition) is 1. The first kappa shape index (κ1) is 17.1. The Morgan fingerprint density at radius 2 is 1.81 bits per heavy atom. The highest BCUT2D eigenvalue weighted by Gasteiger charge is 2.24. The molecule has 1 unspecified atom stereocenters. The number of ether oxygens (including phenoxy) is 2. The number of carboxylic acids is 1. The van der Waals surface area contributed by atoms with Crippen LogP contribution in [0, 0.1) is 0 Å². The van der Waals surface area contributed by atoms with Crippen LogP contribution in [0.2, 0.25) is 0 Å². The minimum Gasteiger partial charge on any atom is -0.478 e. The second kappa shape index (κ2) is 8.39. The molecule has 0 aliphatic rings. The van der Waals surface area contributed by atoms with Gasteiger partial charge in [-0.25, -0.2) is 4.79 Å². The van der Waals surface area contributed by atoms with Crippen molar-refractivity contribution in [3.63, 3.8) is 0 Å². The average molecular weight is 295 g/mol. The first-order valence-corrected chi connectivity index (χ1v) is 6.64. The Hall–Kier alpha value is -1.92. The molecule has 0 bridgehead atoms. The summed E-state index contributed by atoms with van der Waals surface area (Å²) in [6.45, 7) is 2.95. The summed E-state index contributed by atoms with van der Waals surface area (Å²) in [5, 5.41) is 9.19. The van der Waals surface area contributed by atoms with E-state index >= 15 is 0 Å². The lowest BCUT2D eigenvalue weighted by Gasteiger charge is -2.29. The van der Waals surface area contributed by atoms with Gasteiger partial charge in [-0.05, 0) is 19.1 Å². The SMILES string of the molecule is COCCN(C(=O)c1ccccc1C(=O)O)C(C)COC. The number of nitrogens with zero attached hydrogens (tertiary/aromatic N) is 1. The van der Waals surface area contributed by atoms with Gasteiger partial charge in [0.25, 0.3) is 5.91 Å². The number of carboxylic acid groups (broad SMARTS) is 1. The van der Waals surface area contributed by atoms with Gasteiger partial charge in [0.2, 0.25) is 0 Å². The predicted molar refractivity (Wildman–Crippen MR) is 77.7 cm³/mol. The lowest BCUT2D eigenvalue weighted by molar-refractivity contribution is 0.0473. The van der Waals surface area contributed by atoms with Crippen molar-refractivity contribution in [1.82, 2.24) is 4.90 Å². The first-order valence-electron chi connectivity index (χ1n) is 6.64. The van der Waals surface area contributed by atoms with Gasteiger partial charge < -0.3 is 19.5 Å². The molecule has 6 heteroatoms. The van der Waals surface area contributed by atoms with Gasteiger partial charge in [0, 0.05) is 20.8 Å². The molecule has 0 aliphatic heterocycles. The second-order valence-corrected chi connectivity index (χ2v) is 4.65. The van der Waals surface area contributed by atoms with Crippen molar-refractivity contribution in [2.75, 3.05) is 34.0 Å². The predicted octanol–water partition coefficient (Wildman–Crippen LogP) is 1.51. The fourth-order valence-corrected chi connectivity index (χ4v) is 2.05. The topological polar surface area (TPSA) is 76.1 Å². The largest absolute Gasteiger partial charge is 0.478 e. The quantitative estimate of drug-likeness (QED) is 0.786. The average Bonchev–Trinajstić information content (AvgIpc) is 2.47. The van der Waals surface area contributed by atoms with E-state index in [1.807, 2.05) is 6.92 Å². The molecule has 0 saturated heterocycles. The molecular weight excluding hydrogens is 274 g/mol. The van der Waals surface area contributed by atoms with Crippen molar-refractivity contribution in [1.29, 1.82) is 0 Å². The highest BCUT2D eigenvalue weighted by atomic mass is 16.5. The van der Waals surface area contributed by atoms with E-state index in [2.05, 4.69) is 0 Å². The van der Waals surface area contributed by atoms with Crippen LogP contribution in [0.1, 0.15) is 27.6 Å². The zero-order chi connectivity index (χ0) is 15.8. The molecule has 0 aromatic heterocycles. The lowest BCUT2D eigenvalue weighted by atomic mass is 10.1. The minimum atomic E-state index is -1.12. The van der Waals surface area contributed by atoms with E-state index in [1.54, 1.807) is 31.3 Å². The third-order valence-corrected chi connectivity index (χ3v) is 3.12. The molecule has 0 aliphatic carbocycles. The number of carbonyl (C=O) groups excluding carboxylic acids is 1. The Morgan fingerprint density at radius 3 is 2.33 bits per heavy atom. The summed E-state index contributed by atoms with van der Waals surface area (Å²) in [4.78, 5) is 25.4. The summed E-state index contributed by atoms with van der Waals surface area (Å²) in [7, 11) is 3.11. The van der Waals surface area contributed by atoms with Gasteiger partial charge in [-0.15, -0.1) is 0 Å². The standard InChI is InChI=1S/C15H21NO5/c1-11(10-21-3)16(8-9-20-2)14(17)12-6-4-5-7-13(12)15(18)19/h4-7,11H,8-10H2,1-3H3,(H,18,19). The highest BCUT2D eigenvalue weighted by molar-refractivity contribution is 6.04. The van der Waals surface area contributed by atoms with Gasteiger partial charge in [0.15, 0.2) is 0 Å². The molecule has 6 nitrogen and oxygen atoms in total. The van der Waals surface area contributed by atoms with E-state index in [4.69, 9.17) is 9.47 Å². The van der Waals surface area contributed by atoms with E-state index in [1.165, 1.54) is 12.1 Å². The van der Waals surface area contributed by atoms with Crippen molar-refractivity contribution in [2.45, 2.75) is 13.0 Å². The zero-order valence-electron chi connectivity index (χ0n) is 12.5. The normalized spacial score (nSPS) is 12.0. The second-order valence-electron chi connectivity index (χ2n) is 4.65. The van der Waals surface area contributed by atoms with Crippen LogP contribution in [-0.2, 0) is 9.47 Å². The van der Waals surface area contributed by atoms with Crippen LogP contribution in [0.25, 0.3) is 0 Å². The number of rotatable bonds is 8. The Balaban J connectivity index is 3.07. The maximum atomic E-state index is 12.6. The summed E-state index contributed by atoms with van der Waals surface area (Å²) in [5.74, 6) is -1.46. The third-order valence-electron chi connectivity index (χ3n) is 3.12. The number of amides is 1. The summed E-state index contributed by atoms with van der Waals surface area (Å²) in [6.07, 6.45) is 0. The maximum Gasteiger partial charge on any atom is 0.336 e. The van der Waals surface area contributed by atoms with Crippen molar-refractivity contribution in [3.8, 4) is 0 Å². The fourth-order valence-electron chi connectivity index (χ4n) is 2.05. The van der Waals surface area contributed by atoms with Crippen molar-refractivity contribution >= 4 is 11.9 Å². The van der Waals surface area contributed by atoms with E-state index in [9.17, 15) is 14.7 Å². The Bertz CT molecular complexity index is 489. The van der Waals surface area contributed by atoms with Crippen molar-refractivity contribution in [3.05, 3.63) is 35.4 Å². The lowest BCUT2D eigenvalue weighted by Crippen LogP contribution is -2.43. The number of aromatic carboxylic acids is 1. The smallest absolute Gasteiger partial charge is 0.336 e. The number of carbonyl (C=O) groups is 2. The molecule has 0 radical (unpaired) electrons. The van der Waals surface area contributed by atoms with Crippen LogP contribution in [0.4, 0.5) is 0 Å². The number of hydrogen-bond acceptors (Lipinski definition) is 4. The fraction of sp³-hybridized carbons (Fsp3) is 0.467. The molecule has 0 fully saturated rings. The van der Waals surface area contributed by atoms with Crippen molar-refractivity contribution in [2.24, 2.45) is 0 Å². The molecular formula is C15H21NO5. The van der Waals surface area contributed by atoms with Gasteiger partial charge in [-0.2, -0.15) is 0 Å². The number of benzene rings is 1. The molecule has 0 spiro atoms. The Morgan fingerprint density at radius 1 is 1.19 bits per heavy atom. The molecule has 1 aromatic carbocycles. The molecule has 0 saturated carbocycles. The van der Waals surface area contributed by atoms with Crippen LogP contribution in [-0.4, -0.2) is 61.9 Å². The summed E-state index contributed by atoms with van der Waals surface area (Å²) in [6, 6.07) is 6.00. The zero-order valence-corrected chi connectivity index (χ0v) is 12.5. The summed E-state index contributed by atoms with van der Waals surface area (Å²) >= 11 is 0. The van der Waals surface area contributed by atoms with Crippen LogP contribution in [0.5, 0.6) is 0 Å². The van der Waals surface area contributed by atoms with Gasteiger partial charge >= 0.3 is 5.97 Å².